The van der Waals surface area contributed by atoms with Gasteiger partial charge in [0, 0.05) is 25.0 Å². The van der Waals surface area contributed by atoms with Crippen molar-refractivity contribution >= 4 is 5.69 Å². The number of nitrogens with one attached hydrogen (secondary N) is 1. The van der Waals surface area contributed by atoms with Crippen molar-refractivity contribution in [3.05, 3.63) is 18.5 Å². The van der Waals surface area contributed by atoms with Crippen molar-refractivity contribution in [1.29, 1.82) is 0 Å². The Morgan fingerprint density at radius 2 is 2.23 bits per heavy atom. The monoisotopic (exact) mass is 181 g/mol. The smallest absolute Gasteiger partial charge is 0.0545 e. The van der Waals surface area contributed by atoms with Crippen LogP contribution in [0, 0.1) is 0 Å². The molecule has 1 heterocycles. The summed E-state index contributed by atoms with van der Waals surface area (Å²) in [7, 11) is 2.10. The zero-order valence-electron chi connectivity index (χ0n) is 8.67. The highest BCUT2D eigenvalue weighted by Gasteiger charge is 2.22. The van der Waals surface area contributed by atoms with Gasteiger partial charge in [0.2, 0.25) is 0 Å². The van der Waals surface area contributed by atoms with Gasteiger partial charge < -0.3 is 15.6 Å². The number of hydrogen-bond donors (Lipinski definition) is 2. The summed E-state index contributed by atoms with van der Waals surface area (Å²) in [6.45, 7) is 5.13. The predicted molar refractivity (Wildman–Crippen MR) is 56.9 cm³/mol. The van der Waals surface area contributed by atoms with Gasteiger partial charge in [-0.15, -0.1) is 0 Å². The lowest BCUT2D eigenvalue weighted by Gasteiger charge is -2.36. The van der Waals surface area contributed by atoms with Crippen LogP contribution in [-0.4, -0.2) is 24.1 Å². The first-order valence-electron chi connectivity index (χ1n) is 4.64. The van der Waals surface area contributed by atoms with Crippen molar-refractivity contribution in [3.63, 3.8) is 0 Å². The Bertz CT molecular complexity index is 239. The minimum absolute atomic E-state index is 0.122. The molecule has 0 amide bonds. The van der Waals surface area contributed by atoms with Crippen LogP contribution in [0.15, 0.2) is 18.5 Å². The van der Waals surface area contributed by atoms with E-state index in [0.29, 0.717) is 0 Å². The first-order chi connectivity index (χ1) is 6.08. The SMILES string of the molecule is CN(c1cc[nH]c1)C(C)(C)CCN. The van der Waals surface area contributed by atoms with E-state index in [1.54, 1.807) is 0 Å². The Morgan fingerprint density at radius 3 is 2.69 bits per heavy atom. The van der Waals surface area contributed by atoms with E-state index in [0.717, 1.165) is 13.0 Å². The average molecular weight is 181 g/mol. The zero-order chi connectivity index (χ0) is 9.90. The number of rotatable bonds is 4. The first-order valence-corrected chi connectivity index (χ1v) is 4.64. The molecule has 0 aliphatic heterocycles. The Balaban J connectivity index is 2.71. The van der Waals surface area contributed by atoms with Crippen molar-refractivity contribution in [2.75, 3.05) is 18.5 Å². The summed E-state index contributed by atoms with van der Waals surface area (Å²) in [5, 5.41) is 0. The number of aromatic amines is 1. The third kappa shape index (κ3) is 2.25. The summed E-state index contributed by atoms with van der Waals surface area (Å²) in [6, 6.07) is 2.07. The molecule has 3 heteroatoms. The first kappa shape index (κ1) is 10.1. The molecular weight excluding hydrogens is 162 g/mol. The Labute approximate surface area is 79.9 Å². The molecule has 0 bridgehead atoms. The molecule has 3 nitrogen and oxygen atoms in total. The molecule has 0 saturated heterocycles. The topological polar surface area (TPSA) is 45.0 Å². The lowest BCUT2D eigenvalue weighted by Crippen LogP contribution is -2.42. The second-order valence-corrected chi connectivity index (χ2v) is 3.98. The largest absolute Gasteiger partial charge is 0.368 e. The lowest BCUT2D eigenvalue weighted by atomic mass is 9.98. The Kier molecular flexibility index (Phi) is 2.98. The van der Waals surface area contributed by atoms with Gasteiger partial charge in [-0.25, -0.2) is 0 Å². The van der Waals surface area contributed by atoms with E-state index in [4.69, 9.17) is 5.73 Å². The molecule has 0 unspecified atom stereocenters. The minimum atomic E-state index is 0.122. The van der Waals surface area contributed by atoms with E-state index in [2.05, 4.69) is 36.8 Å². The highest BCUT2D eigenvalue weighted by molar-refractivity contribution is 5.45. The molecule has 13 heavy (non-hydrogen) atoms. The van der Waals surface area contributed by atoms with Crippen LogP contribution in [0.1, 0.15) is 20.3 Å². The van der Waals surface area contributed by atoms with Crippen LogP contribution in [0.3, 0.4) is 0 Å². The van der Waals surface area contributed by atoms with Crippen LogP contribution in [-0.2, 0) is 0 Å². The molecule has 1 aromatic heterocycles. The van der Waals surface area contributed by atoms with E-state index in [1.807, 2.05) is 12.4 Å². The molecule has 0 spiro atoms. The van der Waals surface area contributed by atoms with Crippen molar-refractivity contribution in [3.8, 4) is 0 Å². The molecule has 1 rings (SSSR count). The molecule has 0 aliphatic rings. The fourth-order valence-corrected chi connectivity index (χ4v) is 1.39. The fourth-order valence-electron chi connectivity index (χ4n) is 1.39. The Hall–Kier alpha value is -0.960. The molecule has 1 aromatic rings. The third-order valence-corrected chi connectivity index (χ3v) is 2.63. The second-order valence-electron chi connectivity index (χ2n) is 3.98. The zero-order valence-corrected chi connectivity index (χ0v) is 8.67. The molecule has 3 N–H and O–H groups in total. The number of anilines is 1. The molecule has 0 saturated carbocycles. The fraction of sp³-hybridized carbons (Fsp3) is 0.600. The van der Waals surface area contributed by atoms with Crippen molar-refractivity contribution in [2.45, 2.75) is 25.8 Å². The summed E-state index contributed by atoms with van der Waals surface area (Å²) < 4.78 is 0. The summed E-state index contributed by atoms with van der Waals surface area (Å²) >= 11 is 0. The number of nitrogens with two attached hydrogens (primary N) is 1. The van der Waals surface area contributed by atoms with E-state index < -0.39 is 0 Å². The van der Waals surface area contributed by atoms with Crippen LogP contribution < -0.4 is 10.6 Å². The van der Waals surface area contributed by atoms with Crippen LogP contribution >= 0.6 is 0 Å². The van der Waals surface area contributed by atoms with Crippen LogP contribution in [0.4, 0.5) is 5.69 Å². The predicted octanol–water partition coefficient (Wildman–Crippen LogP) is 1.58. The molecule has 0 fully saturated rings. The van der Waals surface area contributed by atoms with Crippen molar-refractivity contribution in [1.82, 2.24) is 4.98 Å². The number of H-pyrrole nitrogens is 1. The maximum absolute atomic E-state index is 5.57. The van der Waals surface area contributed by atoms with Crippen LogP contribution in [0.5, 0.6) is 0 Å². The van der Waals surface area contributed by atoms with Gasteiger partial charge in [0.1, 0.15) is 0 Å². The molecule has 0 aliphatic carbocycles. The minimum Gasteiger partial charge on any atom is -0.368 e. The van der Waals surface area contributed by atoms with E-state index in [9.17, 15) is 0 Å². The number of aromatic nitrogens is 1. The van der Waals surface area contributed by atoms with Crippen molar-refractivity contribution in [2.24, 2.45) is 5.73 Å². The lowest BCUT2D eigenvalue weighted by molar-refractivity contribution is 0.456. The average Bonchev–Trinajstić information content (AvgIpc) is 2.54. The van der Waals surface area contributed by atoms with Gasteiger partial charge in [0.05, 0.1) is 5.69 Å². The summed E-state index contributed by atoms with van der Waals surface area (Å²) in [5.41, 5.74) is 6.90. The van der Waals surface area contributed by atoms with Gasteiger partial charge in [-0.05, 0) is 32.9 Å². The normalized spacial score (nSPS) is 11.7. The standard InChI is InChI=1S/C10H19N3/c1-10(2,5-6-11)13(3)9-4-7-12-8-9/h4,7-8,12H,5-6,11H2,1-3H3. The maximum Gasteiger partial charge on any atom is 0.0545 e. The molecule has 0 radical (unpaired) electrons. The van der Waals surface area contributed by atoms with Gasteiger partial charge >= 0.3 is 0 Å². The highest BCUT2D eigenvalue weighted by Crippen LogP contribution is 2.23. The quantitative estimate of drug-likeness (QED) is 0.740. The Morgan fingerprint density at radius 1 is 1.54 bits per heavy atom. The summed E-state index contributed by atoms with van der Waals surface area (Å²) in [4.78, 5) is 5.30. The van der Waals surface area contributed by atoms with Gasteiger partial charge in [-0.2, -0.15) is 0 Å². The van der Waals surface area contributed by atoms with Gasteiger partial charge in [0.25, 0.3) is 0 Å². The van der Waals surface area contributed by atoms with Crippen molar-refractivity contribution < 1.29 is 0 Å². The molecule has 0 atom stereocenters. The highest BCUT2D eigenvalue weighted by atomic mass is 15.2. The maximum atomic E-state index is 5.57. The summed E-state index contributed by atoms with van der Waals surface area (Å²) in [6.07, 6.45) is 4.93. The third-order valence-electron chi connectivity index (χ3n) is 2.63. The van der Waals surface area contributed by atoms with Crippen LogP contribution in [0.25, 0.3) is 0 Å². The molecule has 0 aromatic carbocycles. The van der Waals surface area contributed by atoms with Gasteiger partial charge in [0.15, 0.2) is 0 Å². The van der Waals surface area contributed by atoms with Gasteiger partial charge in [-0.3, -0.25) is 0 Å². The molecule has 74 valence electrons. The van der Waals surface area contributed by atoms with Gasteiger partial charge in [-0.1, -0.05) is 0 Å². The van der Waals surface area contributed by atoms with E-state index in [1.165, 1.54) is 5.69 Å². The second kappa shape index (κ2) is 3.83. The number of nitrogens with zero attached hydrogens (tertiary/aromatic N) is 1. The molecular formula is C10H19N3. The number of hydrogen-bond acceptors (Lipinski definition) is 2. The van der Waals surface area contributed by atoms with Crippen LogP contribution in [0.2, 0.25) is 0 Å². The summed E-state index contributed by atoms with van der Waals surface area (Å²) in [5.74, 6) is 0. The van der Waals surface area contributed by atoms with E-state index >= 15 is 0 Å². The van der Waals surface area contributed by atoms with E-state index in [-0.39, 0.29) is 5.54 Å².